The normalized spacial score (nSPS) is 15.3. The van der Waals surface area contributed by atoms with Crippen LogP contribution in [0.5, 0.6) is 5.75 Å². The van der Waals surface area contributed by atoms with Gasteiger partial charge in [-0.2, -0.15) is 4.31 Å². The molecule has 0 unspecified atom stereocenters. The van der Waals surface area contributed by atoms with E-state index in [1.807, 2.05) is 24.3 Å². The third kappa shape index (κ3) is 5.56. The second-order valence-corrected chi connectivity index (χ2v) is 9.04. The third-order valence-corrected chi connectivity index (χ3v) is 6.55. The lowest BCUT2D eigenvalue weighted by Crippen LogP contribution is -2.40. The van der Waals surface area contributed by atoms with Crippen molar-refractivity contribution in [1.29, 1.82) is 0 Å². The fourth-order valence-corrected chi connectivity index (χ4v) is 4.36. The fraction of sp³-hybridized carbons (Fsp3) is 0.381. The highest BCUT2D eigenvalue weighted by Crippen LogP contribution is 2.21. The molecule has 1 amide bonds. The summed E-state index contributed by atoms with van der Waals surface area (Å²) in [7, 11) is -3.55. The molecule has 156 valence electrons. The van der Waals surface area contributed by atoms with Gasteiger partial charge < -0.3 is 14.8 Å². The summed E-state index contributed by atoms with van der Waals surface area (Å²) < 4.78 is 37.4. The van der Waals surface area contributed by atoms with E-state index in [1.165, 1.54) is 16.4 Å². The number of rotatable bonds is 7. The molecule has 2 aromatic rings. The Morgan fingerprint density at radius 1 is 1.14 bits per heavy atom. The molecule has 1 heterocycles. The molecule has 0 spiro atoms. The summed E-state index contributed by atoms with van der Waals surface area (Å²) in [6, 6.07) is 13.8. The van der Waals surface area contributed by atoms with Crippen LogP contribution >= 0.6 is 0 Å². The SMILES string of the molecule is CC(C)c1cccc(OCC(=O)Nc2ccc(S(=O)(=O)N3CCOCC3)cc2)c1. The van der Waals surface area contributed by atoms with Gasteiger partial charge in [-0.3, -0.25) is 4.79 Å². The topological polar surface area (TPSA) is 84.9 Å². The summed E-state index contributed by atoms with van der Waals surface area (Å²) in [4.78, 5) is 12.4. The number of nitrogens with one attached hydrogen (secondary N) is 1. The number of ether oxygens (including phenoxy) is 2. The molecule has 1 saturated heterocycles. The van der Waals surface area contributed by atoms with E-state index in [4.69, 9.17) is 9.47 Å². The Balaban J connectivity index is 1.56. The number of sulfonamides is 1. The van der Waals surface area contributed by atoms with Crippen molar-refractivity contribution in [2.75, 3.05) is 38.2 Å². The summed E-state index contributed by atoms with van der Waals surface area (Å²) in [6.45, 7) is 5.53. The Labute approximate surface area is 171 Å². The highest BCUT2D eigenvalue weighted by molar-refractivity contribution is 7.89. The van der Waals surface area contributed by atoms with E-state index in [1.54, 1.807) is 12.1 Å². The minimum absolute atomic E-state index is 0.130. The molecule has 0 atom stereocenters. The van der Waals surface area contributed by atoms with Crippen molar-refractivity contribution < 1.29 is 22.7 Å². The number of benzene rings is 2. The number of anilines is 1. The third-order valence-electron chi connectivity index (χ3n) is 4.64. The largest absolute Gasteiger partial charge is 0.484 e. The molecule has 1 aliphatic rings. The van der Waals surface area contributed by atoms with E-state index in [0.717, 1.165) is 5.56 Å². The Morgan fingerprint density at radius 2 is 1.83 bits per heavy atom. The summed E-state index contributed by atoms with van der Waals surface area (Å²) in [5.41, 5.74) is 1.65. The molecule has 0 radical (unpaired) electrons. The summed E-state index contributed by atoms with van der Waals surface area (Å²) in [5.74, 6) is 0.696. The maximum atomic E-state index is 12.6. The molecule has 3 rings (SSSR count). The van der Waals surface area contributed by atoms with E-state index >= 15 is 0 Å². The highest BCUT2D eigenvalue weighted by atomic mass is 32.2. The first-order chi connectivity index (χ1) is 13.9. The van der Waals surface area contributed by atoms with E-state index in [2.05, 4.69) is 19.2 Å². The zero-order valence-electron chi connectivity index (χ0n) is 16.6. The van der Waals surface area contributed by atoms with E-state index in [0.29, 0.717) is 43.7 Å². The van der Waals surface area contributed by atoms with Crippen LogP contribution in [-0.4, -0.2) is 51.5 Å². The number of carbonyl (C=O) groups excluding carboxylic acids is 1. The van der Waals surface area contributed by atoms with Crippen LogP contribution in [0.4, 0.5) is 5.69 Å². The molecule has 2 aromatic carbocycles. The van der Waals surface area contributed by atoms with E-state index in [-0.39, 0.29) is 17.4 Å². The van der Waals surface area contributed by atoms with Gasteiger partial charge in [-0.25, -0.2) is 8.42 Å². The molecule has 0 saturated carbocycles. The highest BCUT2D eigenvalue weighted by Gasteiger charge is 2.26. The summed E-state index contributed by atoms with van der Waals surface area (Å²) in [5, 5.41) is 2.72. The van der Waals surface area contributed by atoms with Gasteiger partial charge in [-0.15, -0.1) is 0 Å². The predicted molar refractivity (Wildman–Crippen MR) is 111 cm³/mol. The van der Waals surface area contributed by atoms with E-state index in [9.17, 15) is 13.2 Å². The molecule has 0 aliphatic carbocycles. The molecule has 1 N–H and O–H groups in total. The number of nitrogens with zero attached hydrogens (tertiary/aromatic N) is 1. The Bertz CT molecular complexity index is 936. The van der Waals surface area contributed by atoms with Crippen LogP contribution in [0.3, 0.4) is 0 Å². The van der Waals surface area contributed by atoms with Gasteiger partial charge >= 0.3 is 0 Å². The average molecular weight is 419 g/mol. The number of morpholine rings is 1. The smallest absolute Gasteiger partial charge is 0.262 e. The van der Waals surface area contributed by atoms with Crippen LogP contribution in [0.2, 0.25) is 0 Å². The lowest BCUT2D eigenvalue weighted by Gasteiger charge is -2.26. The first-order valence-electron chi connectivity index (χ1n) is 9.57. The maximum absolute atomic E-state index is 12.6. The van der Waals surface area contributed by atoms with Gasteiger partial charge in [0.05, 0.1) is 18.1 Å². The van der Waals surface area contributed by atoms with Crippen LogP contribution in [0.25, 0.3) is 0 Å². The van der Waals surface area contributed by atoms with Gasteiger partial charge in [0.1, 0.15) is 5.75 Å². The molecule has 0 aromatic heterocycles. The molecule has 8 heteroatoms. The van der Waals surface area contributed by atoms with Crippen LogP contribution < -0.4 is 10.1 Å². The molecule has 29 heavy (non-hydrogen) atoms. The zero-order valence-corrected chi connectivity index (χ0v) is 17.4. The first-order valence-corrected chi connectivity index (χ1v) is 11.0. The van der Waals surface area contributed by atoms with Crippen LogP contribution in [0.15, 0.2) is 53.4 Å². The van der Waals surface area contributed by atoms with E-state index < -0.39 is 10.0 Å². The second-order valence-electron chi connectivity index (χ2n) is 7.10. The summed E-state index contributed by atoms with van der Waals surface area (Å²) >= 11 is 0. The van der Waals surface area contributed by atoms with Gasteiger partial charge in [0.25, 0.3) is 5.91 Å². The molecule has 0 bridgehead atoms. The molecular weight excluding hydrogens is 392 g/mol. The van der Waals surface area contributed by atoms with Crippen LogP contribution in [0, 0.1) is 0 Å². The second kappa shape index (κ2) is 9.39. The lowest BCUT2D eigenvalue weighted by molar-refractivity contribution is -0.118. The Kier molecular flexibility index (Phi) is 6.89. The predicted octanol–water partition coefficient (Wildman–Crippen LogP) is 2.85. The van der Waals surface area contributed by atoms with Gasteiger partial charge in [0, 0.05) is 18.8 Å². The van der Waals surface area contributed by atoms with Crippen LogP contribution in [0.1, 0.15) is 25.3 Å². The molecule has 1 fully saturated rings. The number of carbonyl (C=O) groups is 1. The van der Waals surface area contributed by atoms with Crippen molar-refractivity contribution in [3.63, 3.8) is 0 Å². The Morgan fingerprint density at radius 3 is 2.48 bits per heavy atom. The van der Waals surface area contributed by atoms with Crippen molar-refractivity contribution in [3.05, 3.63) is 54.1 Å². The van der Waals surface area contributed by atoms with Crippen molar-refractivity contribution >= 4 is 21.6 Å². The standard InChI is InChI=1S/C21H26N2O5S/c1-16(2)17-4-3-5-19(14-17)28-15-21(24)22-18-6-8-20(9-7-18)29(25,26)23-10-12-27-13-11-23/h3-9,14,16H,10-13,15H2,1-2H3,(H,22,24). The minimum Gasteiger partial charge on any atom is -0.484 e. The monoisotopic (exact) mass is 418 g/mol. The molecule has 1 aliphatic heterocycles. The minimum atomic E-state index is -3.55. The van der Waals surface area contributed by atoms with Crippen molar-refractivity contribution in [2.45, 2.75) is 24.7 Å². The quantitative estimate of drug-likeness (QED) is 0.747. The Hall–Kier alpha value is -2.42. The van der Waals surface area contributed by atoms with Gasteiger partial charge in [0.15, 0.2) is 6.61 Å². The number of amides is 1. The first kappa shape index (κ1) is 21.3. The maximum Gasteiger partial charge on any atom is 0.262 e. The fourth-order valence-electron chi connectivity index (χ4n) is 2.96. The van der Waals surface area contributed by atoms with Crippen molar-refractivity contribution in [3.8, 4) is 5.75 Å². The van der Waals surface area contributed by atoms with Crippen molar-refractivity contribution in [1.82, 2.24) is 4.31 Å². The van der Waals surface area contributed by atoms with Gasteiger partial charge in [0.2, 0.25) is 10.0 Å². The van der Waals surface area contributed by atoms with Gasteiger partial charge in [-0.05, 0) is 47.9 Å². The molecular formula is C21H26N2O5S. The average Bonchev–Trinajstić information content (AvgIpc) is 2.73. The lowest BCUT2D eigenvalue weighted by atomic mass is 10.0. The number of hydrogen-bond acceptors (Lipinski definition) is 5. The van der Waals surface area contributed by atoms with Crippen LogP contribution in [-0.2, 0) is 19.6 Å². The van der Waals surface area contributed by atoms with Crippen molar-refractivity contribution in [2.24, 2.45) is 0 Å². The summed E-state index contributed by atoms with van der Waals surface area (Å²) in [6.07, 6.45) is 0. The molecule has 7 nitrogen and oxygen atoms in total. The van der Waals surface area contributed by atoms with Gasteiger partial charge in [-0.1, -0.05) is 26.0 Å². The number of hydrogen-bond donors (Lipinski definition) is 1. The zero-order chi connectivity index (χ0) is 20.9.